The number of rotatable bonds is 4. The first kappa shape index (κ1) is 14.9. The van der Waals surface area contributed by atoms with E-state index in [1.165, 1.54) is 12.3 Å². The number of primary sulfonamides is 1. The van der Waals surface area contributed by atoms with E-state index in [1.54, 1.807) is 13.0 Å². The molecule has 108 valence electrons. The van der Waals surface area contributed by atoms with Crippen LogP contribution < -0.4 is 10.5 Å². The number of sulfonamides is 1. The number of benzene rings is 1. The number of halogens is 1. The standard InChI is InChI=1S/C12H14FN3O2S2/c1-7-3-4-9(5-10(7)13)8(2)16-12-15-6-11(19-12)20(14,17)18/h3-6,8H,1-2H3,(H,15,16)(H2,14,17,18). The third kappa shape index (κ3) is 3.33. The second kappa shape index (κ2) is 5.47. The Bertz CT molecular complexity index is 728. The van der Waals surface area contributed by atoms with Crippen LogP contribution in [0, 0.1) is 12.7 Å². The van der Waals surface area contributed by atoms with Gasteiger partial charge in [-0.2, -0.15) is 0 Å². The van der Waals surface area contributed by atoms with E-state index in [0.29, 0.717) is 10.7 Å². The summed E-state index contributed by atoms with van der Waals surface area (Å²) < 4.78 is 35.8. The fourth-order valence-corrected chi connectivity index (χ4v) is 3.14. The Morgan fingerprint density at radius 3 is 2.70 bits per heavy atom. The summed E-state index contributed by atoms with van der Waals surface area (Å²) in [5.41, 5.74) is 1.33. The maximum absolute atomic E-state index is 13.5. The molecule has 1 aromatic carbocycles. The fourth-order valence-electron chi connectivity index (χ4n) is 1.60. The lowest BCUT2D eigenvalue weighted by molar-refractivity contribution is 0.599. The van der Waals surface area contributed by atoms with Crippen LogP contribution in [0.5, 0.6) is 0 Å². The fraction of sp³-hybridized carbons (Fsp3) is 0.250. The van der Waals surface area contributed by atoms with E-state index in [4.69, 9.17) is 5.14 Å². The maximum Gasteiger partial charge on any atom is 0.249 e. The van der Waals surface area contributed by atoms with Crippen LogP contribution in [0.1, 0.15) is 24.1 Å². The highest BCUT2D eigenvalue weighted by Gasteiger charge is 2.14. The molecule has 1 unspecified atom stereocenters. The van der Waals surface area contributed by atoms with Crippen molar-refractivity contribution in [1.29, 1.82) is 0 Å². The number of aryl methyl sites for hydroxylation is 1. The molecule has 0 aliphatic heterocycles. The van der Waals surface area contributed by atoms with Crippen molar-refractivity contribution in [2.75, 3.05) is 5.32 Å². The van der Waals surface area contributed by atoms with Crippen LogP contribution in [-0.4, -0.2) is 13.4 Å². The molecule has 2 aromatic rings. The molecule has 0 aliphatic rings. The molecule has 5 nitrogen and oxygen atoms in total. The quantitative estimate of drug-likeness (QED) is 0.907. The van der Waals surface area contributed by atoms with Crippen molar-refractivity contribution >= 4 is 26.5 Å². The van der Waals surface area contributed by atoms with Gasteiger partial charge in [0.25, 0.3) is 0 Å². The van der Waals surface area contributed by atoms with E-state index in [1.807, 2.05) is 13.0 Å². The van der Waals surface area contributed by atoms with Gasteiger partial charge in [-0.3, -0.25) is 0 Å². The van der Waals surface area contributed by atoms with Gasteiger partial charge in [0, 0.05) is 0 Å². The monoisotopic (exact) mass is 315 g/mol. The third-order valence-electron chi connectivity index (χ3n) is 2.80. The van der Waals surface area contributed by atoms with Crippen LogP contribution in [0.4, 0.5) is 9.52 Å². The molecule has 0 amide bonds. The van der Waals surface area contributed by atoms with E-state index in [-0.39, 0.29) is 16.1 Å². The summed E-state index contributed by atoms with van der Waals surface area (Å²) in [5, 5.41) is 8.45. The van der Waals surface area contributed by atoms with Gasteiger partial charge < -0.3 is 5.32 Å². The summed E-state index contributed by atoms with van der Waals surface area (Å²) in [6.07, 6.45) is 1.20. The Balaban J connectivity index is 2.17. The van der Waals surface area contributed by atoms with Crippen LogP contribution in [0.3, 0.4) is 0 Å². The number of nitrogens with zero attached hydrogens (tertiary/aromatic N) is 1. The van der Waals surface area contributed by atoms with Gasteiger partial charge in [-0.05, 0) is 31.0 Å². The molecule has 0 radical (unpaired) electrons. The van der Waals surface area contributed by atoms with Crippen LogP contribution in [0.15, 0.2) is 28.6 Å². The molecule has 0 fully saturated rings. The van der Waals surface area contributed by atoms with Gasteiger partial charge >= 0.3 is 0 Å². The van der Waals surface area contributed by atoms with Gasteiger partial charge in [-0.15, -0.1) is 0 Å². The SMILES string of the molecule is Cc1ccc(C(C)Nc2ncc(S(N)(=O)=O)s2)cc1F. The van der Waals surface area contributed by atoms with Crippen molar-refractivity contribution < 1.29 is 12.8 Å². The number of nitrogens with two attached hydrogens (primary N) is 1. The van der Waals surface area contributed by atoms with E-state index in [2.05, 4.69) is 10.3 Å². The number of hydrogen-bond donors (Lipinski definition) is 2. The molecule has 1 heterocycles. The van der Waals surface area contributed by atoms with Crippen molar-refractivity contribution in [3.05, 3.63) is 41.3 Å². The lowest BCUT2D eigenvalue weighted by Crippen LogP contribution is -2.10. The molecule has 0 saturated carbocycles. The second-order valence-electron chi connectivity index (χ2n) is 4.40. The third-order valence-corrected chi connectivity index (χ3v) is 5.14. The normalized spacial score (nSPS) is 13.2. The van der Waals surface area contributed by atoms with Crippen LogP contribution in [0.25, 0.3) is 0 Å². The smallest absolute Gasteiger partial charge is 0.249 e. The number of thiazole rings is 1. The van der Waals surface area contributed by atoms with Crippen molar-refractivity contribution in [3.63, 3.8) is 0 Å². The van der Waals surface area contributed by atoms with Gasteiger partial charge in [0.2, 0.25) is 10.0 Å². The summed E-state index contributed by atoms with van der Waals surface area (Å²) in [4.78, 5) is 3.94. The number of anilines is 1. The zero-order chi connectivity index (χ0) is 14.9. The summed E-state index contributed by atoms with van der Waals surface area (Å²) in [6, 6.07) is 4.75. The highest BCUT2D eigenvalue weighted by atomic mass is 32.2. The Hall–Kier alpha value is -1.51. The summed E-state index contributed by atoms with van der Waals surface area (Å²) >= 11 is 0.941. The predicted octanol–water partition coefficient (Wildman–Crippen LogP) is 2.41. The topological polar surface area (TPSA) is 85.1 Å². The van der Waals surface area contributed by atoms with Crippen LogP contribution in [-0.2, 0) is 10.0 Å². The molecule has 2 rings (SSSR count). The number of aromatic nitrogens is 1. The van der Waals surface area contributed by atoms with Crippen LogP contribution >= 0.6 is 11.3 Å². The number of hydrogen-bond acceptors (Lipinski definition) is 5. The van der Waals surface area contributed by atoms with E-state index in [0.717, 1.165) is 16.9 Å². The molecule has 0 saturated heterocycles. The highest BCUT2D eigenvalue weighted by molar-refractivity contribution is 7.91. The molecule has 0 bridgehead atoms. The summed E-state index contributed by atoms with van der Waals surface area (Å²) in [7, 11) is -3.74. The van der Waals surface area contributed by atoms with Crippen molar-refractivity contribution in [2.24, 2.45) is 5.14 Å². The number of nitrogens with one attached hydrogen (secondary N) is 1. The molecule has 3 N–H and O–H groups in total. The van der Waals surface area contributed by atoms with Crippen molar-refractivity contribution in [3.8, 4) is 0 Å². The zero-order valence-electron chi connectivity index (χ0n) is 10.9. The highest BCUT2D eigenvalue weighted by Crippen LogP contribution is 2.26. The lowest BCUT2D eigenvalue weighted by Gasteiger charge is -2.13. The average Bonchev–Trinajstić information content (AvgIpc) is 2.81. The van der Waals surface area contributed by atoms with Crippen molar-refractivity contribution in [2.45, 2.75) is 24.1 Å². The van der Waals surface area contributed by atoms with Gasteiger partial charge in [-0.25, -0.2) is 22.9 Å². The minimum Gasteiger partial charge on any atom is -0.355 e. The molecule has 1 atom stereocenters. The molecule has 1 aromatic heterocycles. The maximum atomic E-state index is 13.5. The van der Waals surface area contributed by atoms with Crippen molar-refractivity contribution in [1.82, 2.24) is 4.98 Å². The lowest BCUT2D eigenvalue weighted by atomic mass is 10.1. The predicted molar refractivity (Wildman–Crippen MR) is 76.7 cm³/mol. The Labute approximate surface area is 120 Å². The van der Waals surface area contributed by atoms with Crippen LogP contribution in [0.2, 0.25) is 0 Å². The Morgan fingerprint density at radius 2 is 2.15 bits per heavy atom. The molecular formula is C12H14FN3O2S2. The first-order valence-corrected chi connectivity index (χ1v) is 8.15. The van der Waals surface area contributed by atoms with Gasteiger partial charge in [0.05, 0.1) is 12.2 Å². The first-order valence-electron chi connectivity index (χ1n) is 5.78. The molecular weight excluding hydrogens is 301 g/mol. The molecule has 0 spiro atoms. The van der Waals surface area contributed by atoms with E-state index < -0.39 is 10.0 Å². The second-order valence-corrected chi connectivity index (χ2v) is 7.22. The summed E-state index contributed by atoms with van der Waals surface area (Å²) in [6.45, 7) is 3.53. The largest absolute Gasteiger partial charge is 0.355 e. The Morgan fingerprint density at radius 1 is 1.45 bits per heavy atom. The van der Waals surface area contributed by atoms with E-state index >= 15 is 0 Å². The zero-order valence-corrected chi connectivity index (χ0v) is 12.6. The van der Waals surface area contributed by atoms with Gasteiger partial charge in [0.15, 0.2) is 9.34 Å². The first-order chi connectivity index (χ1) is 9.27. The minimum absolute atomic E-state index is 0.0118. The summed E-state index contributed by atoms with van der Waals surface area (Å²) in [5.74, 6) is -0.277. The van der Waals surface area contributed by atoms with Gasteiger partial charge in [0.1, 0.15) is 5.82 Å². The Kier molecular flexibility index (Phi) is 4.07. The van der Waals surface area contributed by atoms with E-state index in [9.17, 15) is 12.8 Å². The molecule has 20 heavy (non-hydrogen) atoms. The van der Waals surface area contributed by atoms with Gasteiger partial charge in [-0.1, -0.05) is 23.5 Å². The average molecular weight is 315 g/mol. The molecule has 0 aliphatic carbocycles. The molecule has 8 heteroatoms. The minimum atomic E-state index is -3.74.